The van der Waals surface area contributed by atoms with E-state index in [4.69, 9.17) is 6.80 Å². The van der Waals surface area contributed by atoms with Gasteiger partial charge in [-0.15, -0.1) is 8.07 Å². The van der Waals surface area contributed by atoms with Crippen molar-refractivity contribution >= 4 is 8.07 Å². The fourth-order valence-corrected chi connectivity index (χ4v) is 0.321. The van der Waals surface area contributed by atoms with Crippen LogP contribution in [0, 0.1) is 13.0 Å². The summed E-state index contributed by atoms with van der Waals surface area (Å²) >= 11 is -2.25. The third kappa shape index (κ3) is 48.1. The first kappa shape index (κ1) is 15.5. The van der Waals surface area contributed by atoms with Gasteiger partial charge < -0.3 is 6.55 Å². The molecule has 0 heterocycles. The van der Waals surface area contributed by atoms with Gasteiger partial charge >= 0.3 is 25.3 Å². The molecule has 0 unspecified atom stereocenters. The zero-order chi connectivity index (χ0) is 10.7. The molecule has 13 heavy (non-hydrogen) atoms. The predicted octanol–water partition coefficient (Wildman–Crippen LogP) is 2.77. The number of rotatable bonds is 0. The van der Waals surface area contributed by atoms with Crippen LogP contribution in [0.4, 0.5) is 0 Å². The van der Waals surface area contributed by atoms with Gasteiger partial charge in [-0.05, 0) is 0 Å². The molecule has 75 valence electrons. The van der Waals surface area contributed by atoms with Gasteiger partial charge in [-0.25, -0.2) is 0 Å². The van der Waals surface area contributed by atoms with E-state index in [9.17, 15) is 0 Å². The quantitative estimate of drug-likeness (QED) is 0.487. The average molecular weight is 368 g/mol. The topological polar surface area (TPSA) is 34.1 Å². The molecule has 0 saturated carbocycles. The summed E-state index contributed by atoms with van der Waals surface area (Å²) in [6.07, 6.45) is 10.0. The van der Waals surface area contributed by atoms with E-state index in [1.54, 1.807) is 0 Å². The second kappa shape index (κ2) is 10.1. The van der Waals surface area contributed by atoms with Crippen molar-refractivity contribution < 1.29 is 25.3 Å². The molecule has 1 aliphatic rings. The van der Waals surface area contributed by atoms with Crippen LogP contribution in [0.15, 0.2) is 24.3 Å². The van der Waals surface area contributed by atoms with Gasteiger partial charge in [-0.3, -0.25) is 0 Å². The Bertz CT molecular complexity index is 182. The molecule has 0 bridgehead atoms. The van der Waals surface area contributed by atoms with Crippen LogP contribution in [0.2, 0.25) is 19.6 Å². The minimum atomic E-state index is -2.25. The third-order valence-electron chi connectivity index (χ3n) is 0.556. The summed E-state index contributed by atoms with van der Waals surface area (Å²) in [6.45, 7) is 10.6. The van der Waals surface area contributed by atoms with Gasteiger partial charge in [0.2, 0.25) is 0 Å². The van der Waals surface area contributed by atoms with E-state index in [2.05, 4.69) is 26.2 Å². The van der Waals surface area contributed by atoms with Gasteiger partial charge in [0, 0.05) is 6.42 Å². The Hall–Kier alpha value is -0.0148. The van der Waals surface area contributed by atoms with Crippen molar-refractivity contribution in [3.63, 3.8) is 0 Å². The Morgan fingerprint density at radius 2 is 1.23 bits per heavy atom. The summed E-state index contributed by atoms with van der Waals surface area (Å²) in [4.78, 5) is 0. The molecule has 0 saturated heterocycles. The molecule has 0 fully saturated rings. The molecule has 1 rings (SSSR count). The van der Waals surface area contributed by atoms with Gasteiger partial charge in [0.25, 0.3) is 0 Å². The summed E-state index contributed by atoms with van der Waals surface area (Å²) in [5.74, 6) is 0. The Labute approximate surface area is 90.3 Å². The van der Waals surface area contributed by atoms with Crippen LogP contribution in [0.3, 0.4) is 0 Å². The third-order valence-corrected chi connectivity index (χ3v) is 0.556. The monoisotopic (exact) mass is 368 g/mol. The fourth-order valence-electron chi connectivity index (χ4n) is 0.321. The molecule has 0 aromatic heterocycles. The van der Waals surface area contributed by atoms with Crippen LogP contribution in [0.1, 0.15) is 0 Å². The van der Waals surface area contributed by atoms with Crippen molar-refractivity contribution in [2.45, 2.75) is 19.6 Å². The Morgan fingerprint density at radius 1 is 1.00 bits per heavy atom. The van der Waals surface area contributed by atoms with E-state index in [-0.39, 0.29) is 0 Å². The molecule has 1 radical (unpaired) electrons. The molecule has 1 aliphatic carbocycles. The molecule has 0 atom stereocenters. The summed E-state index contributed by atoms with van der Waals surface area (Å²) in [6, 6.07) is 0. The summed E-state index contributed by atoms with van der Waals surface area (Å²) in [7, 11) is -0.861. The Kier molecular flexibility index (Phi) is 12.0. The van der Waals surface area contributed by atoms with E-state index in [1.165, 1.54) is 0 Å². The van der Waals surface area contributed by atoms with E-state index < -0.39 is 26.6 Å². The van der Waals surface area contributed by atoms with Gasteiger partial charge in [0.05, 0.1) is 0 Å². The second-order valence-electron chi connectivity index (χ2n) is 3.59. The van der Waals surface area contributed by atoms with Crippen molar-refractivity contribution in [1.29, 1.82) is 0 Å². The summed E-state index contributed by atoms with van der Waals surface area (Å²) in [5.41, 5.74) is 0. The van der Waals surface area contributed by atoms with Crippen LogP contribution >= 0.6 is 0 Å². The van der Waals surface area contributed by atoms with E-state index >= 15 is 0 Å². The zero-order valence-electron chi connectivity index (χ0n) is 8.32. The first-order valence-corrected chi connectivity index (χ1v) is 9.96. The van der Waals surface area contributed by atoms with E-state index in [0.717, 1.165) is 0 Å². The molecular formula is C9H16O2SiW-. The molecule has 0 N–H and O–H groups in total. The van der Waals surface area contributed by atoms with Crippen molar-refractivity contribution in [2.75, 3.05) is 0 Å². The maximum absolute atomic E-state index is 8.54. The van der Waals surface area contributed by atoms with Crippen LogP contribution < -0.4 is 0 Å². The van der Waals surface area contributed by atoms with Gasteiger partial charge in [-0.1, -0.05) is 43.9 Å². The number of hydrogen-bond acceptors (Lipinski definition) is 2. The van der Waals surface area contributed by atoms with Crippen LogP contribution in [0.5, 0.6) is 0 Å². The summed E-state index contributed by atoms with van der Waals surface area (Å²) < 4.78 is 17.1. The van der Waals surface area contributed by atoms with E-state index in [0.29, 0.717) is 0 Å². The van der Waals surface area contributed by atoms with Crippen molar-refractivity contribution in [2.24, 2.45) is 0 Å². The number of hydrogen-bond donors (Lipinski definition) is 0. The van der Waals surface area contributed by atoms with Gasteiger partial charge in [-0.2, -0.15) is 0 Å². The van der Waals surface area contributed by atoms with Crippen molar-refractivity contribution in [1.82, 2.24) is 0 Å². The maximum atomic E-state index is 8.54. The SMILES string of the molecule is [CH2-][Si](C)(C)C.[CH]1C=CC=C1.[O]=[W]=[O]. The Morgan fingerprint density at radius 3 is 1.31 bits per heavy atom. The molecule has 0 aromatic rings. The summed E-state index contributed by atoms with van der Waals surface area (Å²) in [5, 5.41) is 0. The first-order chi connectivity index (χ1) is 5.91. The van der Waals surface area contributed by atoms with Crippen molar-refractivity contribution in [3.05, 3.63) is 37.3 Å². The molecule has 0 amide bonds. The van der Waals surface area contributed by atoms with Gasteiger partial charge in [0.1, 0.15) is 0 Å². The minimum absolute atomic E-state index is 0.861. The molecule has 4 heteroatoms. The average Bonchev–Trinajstić information content (AvgIpc) is 2.36. The fraction of sp³-hybridized carbons (Fsp3) is 0.333. The van der Waals surface area contributed by atoms with Crippen LogP contribution in [-0.2, 0) is 25.3 Å². The van der Waals surface area contributed by atoms with Crippen LogP contribution in [-0.4, -0.2) is 8.07 Å². The van der Waals surface area contributed by atoms with Gasteiger partial charge in [0.15, 0.2) is 0 Å². The van der Waals surface area contributed by atoms with Crippen LogP contribution in [0.25, 0.3) is 0 Å². The Balaban J connectivity index is 0. The molecule has 0 spiro atoms. The zero-order valence-corrected chi connectivity index (χ0v) is 12.3. The van der Waals surface area contributed by atoms with E-state index in [1.807, 2.05) is 30.7 Å². The standard InChI is InChI=1S/C5H5.C4H11Si.2O.W/c1-2-4-5-3-1;1-5(2,3)4;;;/h1-5H;1H2,2-4H3;;;/q;-1;;;. The molecular weight excluding hydrogens is 352 g/mol. The first-order valence-electron chi connectivity index (χ1n) is 3.85. The second-order valence-corrected chi connectivity index (χ2v) is 9.20. The van der Waals surface area contributed by atoms with Crippen molar-refractivity contribution in [3.8, 4) is 0 Å². The molecule has 2 nitrogen and oxygen atoms in total. The molecule has 0 aliphatic heterocycles. The molecule has 0 aromatic carbocycles. The predicted molar refractivity (Wildman–Crippen MR) is 52.7 cm³/mol. The normalized spacial score (nSPS) is 12.3. The number of allylic oxidation sites excluding steroid dienone is 4.